The van der Waals surface area contributed by atoms with Crippen LogP contribution in [0, 0.1) is 5.92 Å². The van der Waals surface area contributed by atoms with Crippen molar-refractivity contribution in [3.63, 3.8) is 0 Å². The fourth-order valence-corrected chi connectivity index (χ4v) is 3.52. The van der Waals surface area contributed by atoms with Gasteiger partial charge in [-0.05, 0) is 43.6 Å². The third kappa shape index (κ3) is 2.05. The lowest BCUT2D eigenvalue weighted by molar-refractivity contribution is 0.312. The molecule has 2 unspecified atom stereocenters. The van der Waals surface area contributed by atoms with Crippen LogP contribution >= 0.6 is 11.8 Å². The van der Waals surface area contributed by atoms with Crippen molar-refractivity contribution in [1.29, 1.82) is 0 Å². The van der Waals surface area contributed by atoms with Gasteiger partial charge in [-0.1, -0.05) is 17.8 Å². The van der Waals surface area contributed by atoms with Gasteiger partial charge in [0.1, 0.15) is 11.7 Å². The predicted octanol–water partition coefficient (Wildman–Crippen LogP) is 2.08. The summed E-state index contributed by atoms with van der Waals surface area (Å²) in [5.41, 5.74) is 7.14. The monoisotopic (exact) mass is 250 g/mol. The van der Waals surface area contributed by atoms with Crippen molar-refractivity contribution in [3.8, 4) is 5.75 Å². The second kappa shape index (κ2) is 4.52. The van der Waals surface area contributed by atoms with E-state index in [1.165, 1.54) is 16.9 Å². The third-order valence-corrected chi connectivity index (χ3v) is 4.63. The zero-order valence-corrected chi connectivity index (χ0v) is 10.9. The van der Waals surface area contributed by atoms with Crippen molar-refractivity contribution in [2.75, 3.05) is 26.1 Å². The molecule has 2 heterocycles. The lowest BCUT2D eigenvalue weighted by Crippen LogP contribution is -2.20. The number of ether oxygens (including phenoxy) is 1. The summed E-state index contributed by atoms with van der Waals surface area (Å²) in [6.45, 7) is 1.89. The highest BCUT2D eigenvalue weighted by Gasteiger charge is 2.30. The molecule has 1 aromatic carbocycles. The van der Waals surface area contributed by atoms with Crippen molar-refractivity contribution in [3.05, 3.63) is 23.8 Å². The molecular weight excluding hydrogens is 232 g/mol. The Hall–Kier alpha value is -0.710. The number of rotatable bonds is 2. The third-order valence-electron chi connectivity index (χ3n) is 3.75. The number of likely N-dealkylation sites (tertiary alicyclic amines) is 1. The maximum absolute atomic E-state index is 5.77. The van der Waals surface area contributed by atoms with Crippen molar-refractivity contribution in [2.24, 2.45) is 11.7 Å². The SMILES string of the molecule is CN1CC(CN)CC1c1ccc2c(c1)OCS2. The lowest BCUT2D eigenvalue weighted by atomic mass is 10.00. The van der Waals surface area contributed by atoms with Crippen LogP contribution in [0.4, 0.5) is 0 Å². The second-order valence-corrected chi connectivity index (χ2v) is 5.87. The average molecular weight is 250 g/mol. The van der Waals surface area contributed by atoms with E-state index in [0.717, 1.165) is 24.8 Å². The van der Waals surface area contributed by atoms with Crippen LogP contribution in [0.15, 0.2) is 23.1 Å². The Bertz CT molecular complexity index is 424. The van der Waals surface area contributed by atoms with E-state index in [4.69, 9.17) is 10.5 Å². The molecule has 0 radical (unpaired) electrons. The molecule has 2 aliphatic heterocycles. The molecule has 1 aromatic rings. The summed E-state index contributed by atoms with van der Waals surface area (Å²) in [6, 6.07) is 7.13. The Morgan fingerprint density at radius 3 is 3.18 bits per heavy atom. The summed E-state index contributed by atoms with van der Waals surface area (Å²) in [5, 5.41) is 0. The molecular formula is C13H18N2OS. The summed E-state index contributed by atoms with van der Waals surface area (Å²) in [6.07, 6.45) is 1.17. The molecule has 0 bridgehead atoms. The van der Waals surface area contributed by atoms with Gasteiger partial charge in [0, 0.05) is 12.6 Å². The zero-order chi connectivity index (χ0) is 11.8. The summed E-state index contributed by atoms with van der Waals surface area (Å²) in [5.74, 6) is 2.44. The molecule has 4 heteroatoms. The van der Waals surface area contributed by atoms with Gasteiger partial charge < -0.3 is 10.5 Å². The molecule has 92 valence electrons. The number of hydrogen-bond acceptors (Lipinski definition) is 4. The first-order chi connectivity index (χ1) is 8.28. The van der Waals surface area contributed by atoms with Crippen LogP contribution in [-0.4, -0.2) is 31.0 Å². The van der Waals surface area contributed by atoms with Crippen LogP contribution in [0.5, 0.6) is 5.75 Å². The molecule has 2 atom stereocenters. The molecule has 0 amide bonds. The van der Waals surface area contributed by atoms with E-state index in [9.17, 15) is 0 Å². The summed E-state index contributed by atoms with van der Waals surface area (Å²) >= 11 is 1.77. The van der Waals surface area contributed by atoms with E-state index in [0.29, 0.717) is 12.0 Å². The van der Waals surface area contributed by atoms with Gasteiger partial charge in [0.15, 0.2) is 0 Å². The van der Waals surface area contributed by atoms with Crippen LogP contribution < -0.4 is 10.5 Å². The van der Waals surface area contributed by atoms with Gasteiger partial charge in [0.2, 0.25) is 0 Å². The standard InChI is InChI=1S/C13H18N2OS/c1-15-7-9(6-14)4-11(15)10-2-3-13-12(5-10)16-8-17-13/h2-3,5,9,11H,4,6-8,14H2,1H3. The number of nitrogens with zero attached hydrogens (tertiary/aromatic N) is 1. The molecule has 0 spiro atoms. The van der Waals surface area contributed by atoms with Crippen molar-refractivity contribution < 1.29 is 4.74 Å². The largest absolute Gasteiger partial charge is 0.481 e. The normalized spacial score (nSPS) is 28.1. The molecule has 3 nitrogen and oxygen atoms in total. The second-order valence-electron chi connectivity index (χ2n) is 4.91. The van der Waals surface area contributed by atoms with Gasteiger partial charge in [0.05, 0.1) is 4.90 Å². The number of thioether (sulfide) groups is 1. The first kappa shape index (κ1) is 11.4. The molecule has 1 fully saturated rings. The van der Waals surface area contributed by atoms with Crippen LogP contribution in [0.3, 0.4) is 0 Å². The Labute approximate surface area is 106 Å². The van der Waals surface area contributed by atoms with E-state index >= 15 is 0 Å². The highest BCUT2D eigenvalue weighted by Crippen LogP contribution is 2.41. The van der Waals surface area contributed by atoms with E-state index in [1.807, 2.05) is 0 Å². The quantitative estimate of drug-likeness (QED) is 0.872. The minimum atomic E-state index is 0.503. The van der Waals surface area contributed by atoms with Crippen molar-refractivity contribution >= 4 is 11.8 Å². The van der Waals surface area contributed by atoms with Gasteiger partial charge >= 0.3 is 0 Å². The lowest BCUT2D eigenvalue weighted by Gasteiger charge is -2.19. The van der Waals surface area contributed by atoms with Crippen molar-refractivity contribution in [2.45, 2.75) is 17.4 Å². The topological polar surface area (TPSA) is 38.5 Å². The highest BCUT2D eigenvalue weighted by molar-refractivity contribution is 7.99. The van der Waals surface area contributed by atoms with E-state index in [2.05, 4.69) is 30.1 Å². The molecule has 0 aliphatic carbocycles. The first-order valence-corrected chi connectivity index (χ1v) is 7.06. The highest BCUT2D eigenvalue weighted by atomic mass is 32.2. The number of hydrogen-bond donors (Lipinski definition) is 1. The van der Waals surface area contributed by atoms with Gasteiger partial charge in [-0.2, -0.15) is 0 Å². The maximum Gasteiger partial charge on any atom is 0.138 e. The Morgan fingerprint density at radius 2 is 2.41 bits per heavy atom. The van der Waals surface area contributed by atoms with Crippen LogP contribution in [0.25, 0.3) is 0 Å². The molecule has 2 N–H and O–H groups in total. The van der Waals surface area contributed by atoms with Crippen LogP contribution in [-0.2, 0) is 0 Å². The predicted molar refractivity (Wildman–Crippen MR) is 70.3 cm³/mol. The number of fused-ring (bicyclic) bond motifs is 1. The first-order valence-electron chi connectivity index (χ1n) is 6.08. The number of nitrogens with two attached hydrogens (primary N) is 1. The number of benzene rings is 1. The van der Waals surface area contributed by atoms with Crippen LogP contribution in [0.2, 0.25) is 0 Å². The van der Waals surface area contributed by atoms with Gasteiger partial charge in [-0.25, -0.2) is 0 Å². The van der Waals surface area contributed by atoms with E-state index < -0.39 is 0 Å². The van der Waals surface area contributed by atoms with Gasteiger partial charge in [-0.3, -0.25) is 4.90 Å². The molecule has 1 saturated heterocycles. The summed E-state index contributed by atoms with van der Waals surface area (Å²) in [7, 11) is 2.18. The van der Waals surface area contributed by atoms with Crippen molar-refractivity contribution in [1.82, 2.24) is 4.90 Å². The summed E-state index contributed by atoms with van der Waals surface area (Å²) < 4.78 is 5.61. The Kier molecular flexibility index (Phi) is 3.03. The minimum Gasteiger partial charge on any atom is -0.481 e. The van der Waals surface area contributed by atoms with E-state index in [-0.39, 0.29) is 0 Å². The minimum absolute atomic E-state index is 0.503. The van der Waals surface area contributed by atoms with E-state index in [1.54, 1.807) is 11.8 Å². The Balaban J connectivity index is 1.84. The fraction of sp³-hybridized carbons (Fsp3) is 0.538. The zero-order valence-electron chi connectivity index (χ0n) is 10.1. The molecule has 0 saturated carbocycles. The van der Waals surface area contributed by atoms with Gasteiger partial charge in [0.25, 0.3) is 0 Å². The van der Waals surface area contributed by atoms with Crippen LogP contribution in [0.1, 0.15) is 18.0 Å². The Morgan fingerprint density at radius 1 is 1.53 bits per heavy atom. The molecule has 17 heavy (non-hydrogen) atoms. The molecule has 2 aliphatic rings. The average Bonchev–Trinajstić information content (AvgIpc) is 2.93. The smallest absolute Gasteiger partial charge is 0.138 e. The van der Waals surface area contributed by atoms with Gasteiger partial charge in [-0.15, -0.1) is 0 Å². The molecule has 0 aromatic heterocycles. The summed E-state index contributed by atoms with van der Waals surface area (Å²) in [4.78, 5) is 3.67. The molecule has 3 rings (SSSR count). The fourth-order valence-electron chi connectivity index (χ4n) is 2.79. The maximum atomic E-state index is 5.77.